The number of thioether (sulfide) groups is 1. The highest BCUT2D eigenvalue weighted by molar-refractivity contribution is 7.99. The molecule has 0 heterocycles. The molecule has 1 atom stereocenters. The summed E-state index contributed by atoms with van der Waals surface area (Å²) in [5.74, 6) is 0.664. The van der Waals surface area contributed by atoms with Crippen LogP contribution in [0.1, 0.15) is 36.7 Å². The van der Waals surface area contributed by atoms with E-state index >= 15 is 0 Å². The molecule has 1 rings (SSSR count). The number of benzene rings is 1. The van der Waals surface area contributed by atoms with Gasteiger partial charge in [-0.3, -0.25) is 0 Å². The molecule has 0 fully saturated rings. The SMILES string of the molecule is CC(C)C(C)SCc1cccc(C(=O)O)c1. The minimum Gasteiger partial charge on any atom is -0.478 e. The average molecular weight is 238 g/mol. The maximum Gasteiger partial charge on any atom is 0.335 e. The van der Waals surface area contributed by atoms with Gasteiger partial charge in [0, 0.05) is 11.0 Å². The van der Waals surface area contributed by atoms with Crippen molar-refractivity contribution in [1.29, 1.82) is 0 Å². The summed E-state index contributed by atoms with van der Waals surface area (Å²) in [6, 6.07) is 7.16. The number of hydrogen-bond acceptors (Lipinski definition) is 2. The highest BCUT2D eigenvalue weighted by Crippen LogP contribution is 2.23. The van der Waals surface area contributed by atoms with E-state index in [2.05, 4.69) is 20.8 Å². The summed E-state index contributed by atoms with van der Waals surface area (Å²) in [5, 5.41) is 9.46. The molecule has 0 saturated heterocycles. The Morgan fingerprint density at radius 1 is 1.38 bits per heavy atom. The van der Waals surface area contributed by atoms with Crippen molar-refractivity contribution >= 4 is 17.7 Å². The summed E-state index contributed by atoms with van der Waals surface area (Å²) in [7, 11) is 0. The number of carboxylic acids is 1. The molecule has 0 aliphatic carbocycles. The number of rotatable bonds is 5. The summed E-state index contributed by atoms with van der Waals surface area (Å²) in [4.78, 5) is 10.8. The van der Waals surface area contributed by atoms with Gasteiger partial charge in [-0.25, -0.2) is 4.79 Å². The molecular weight excluding hydrogens is 220 g/mol. The third-order valence-corrected chi connectivity index (χ3v) is 4.20. The third kappa shape index (κ3) is 3.89. The summed E-state index contributed by atoms with van der Waals surface area (Å²) in [6.45, 7) is 6.60. The van der Waals surface area contributed by atoms with Crippen molar-refractivity contribution in [1.82, 2.24) is 0 Å². The Morgan fingerprint density at radius 3 is 2.62 bits per heavy atom. The van der Waals surface area contributed by atoms with Crippen molar-refractivity contribution in [3.8, 4) is 0 Å². The van der Waals surface area contributed by atoms with Crippen LogP contribution < -0.4 is 0 Å². The van der Waals surface area contributed by atoms with Gasteiger partial charge in [-0.05, 0) is 23.6 Å². The Labute approximate surface area is 101 Å². The molecule has 3 heteroatoms. The maximum atomic E-state index is 10.8. The molecule has 0 bridgehead atoms. The Kier molecular flexibility index (Phi) is 4.87. The highest BCUT2D eigenvalue weighted by Gasteiger charge is 2.08. The van der Waals surface area contributed by atoms with Crippen LogP contribution in [0.4, 0.5) is 0 Å². The first kappa shape index (κ1) is 13.1. The molecule has 0 spiro atoms. The molecule has 0 amide bonds. The monoisotopic (exact) mass is 238 g/mol. The van der Waals surface area contributed by atoms with E-state index in [-0.39, 0.29) is 0 Å². The number of aromatic carboxylic acids is 1. The summed E-state index contributed by atoms with van der Waals surface area (Å²) in [5.41, 5.74) is 1.45. The lowest BCUT2D eigenvalue weighted by Gasteiger charge is -2.14. The summed E-state index contributed by atoms with van der Waals surface area (Å²) in [6.07, 6.45) is 0. The zero-order valence-electron chi connectivity index (χ0n) is 9.93. The molecule has 0 aliphatic rings. The molecule has 1 unspecified atom stereocenters. The minimum atomic E-state index is -0.858. The predicted molar refractivity (Wildman–Crippen MR) is 69.0 cm³/mol. The van der Waals surface area contributed by atoms with Crippen molar-refractivity contribution in [2.75, 3.05) is 0 Å². The minimum absolute atomic E-state index is 0.371. The lowest BCUT2D eigenvalue weighted by Crippen LogP contribution is -2.06. The van der Waals surface area contributed by atoms with Crippen LogP contribution in [0.5, 0.6) is 0 Å². The molecule has 0 saturated carbocycles. The molecule has 2 nitrogen and oxygen atoms in total. The van der Waals surface area contributed by atoms with Gasteiger partial charge in [-0.1, -0.05) is 32.9 Å². The topological polar surface area (TPSA) is 37.3 Å². The van der Waals surface area contributed by atoms with Crippen LogP contribution in [0.15, 0.2) is 24.3 Å². The van der Waals surface area contributed by atoms with Gasteiger partial charge in [0.1, 0.15) is 0 Å². The van der Waals surface area contributed by atoms with Gasteiger partial charge in [-0.15, -0.1) is 0 Å². The lowest BCUT2D eigenvalue weighted by molar-refractivity contribution is 0.0697. The average Bonchev–Trinajstić information content (AvgIpc) is 2.26. The van der Waals surface area contributed by atoms with Crippen molar-refractivity contribution < 1.29 is 9.90 Å². The standard InChI is InChI=1S/C13H18O2S/c1-9(2)10(3)16-8-11-5-4-6-12(7-11)13(14)15/h4-7,9-10H,8H2,1-3H3,(H,14,15). The van der Waals surface area contributed by atoms with Gasteiger partial charge in [0.25, 0.3) is 0 Å². The Balaban J connectivity index is 2.61. The predicted octanol–water partition coefficient (Wildman–Crippen LogP) is 3.66. The zero-order valence-corrected chi connectivity index (χ0v) is 10.8. The smallest absolute Gasteiger partial charge is 0.335 e. The van der Waals surface area contributed by atoms with E-state index < -0.39 is 5.97 Å². The first-order valence-corrected chi connectivity index (χ1v) is 6.49. The van der Waals surface area contributed by atoms with Gasteiger partial charge >= 0.3 is 5.97 Å². The van der Waals surface area contributed by atoms with Gasteiger partial charge in [-0.2, -0.15) is 11.8 Å². The van der Waals surface area contributed by atoms with Gasteiger partial charge in [0.2, 0.25) is 0 Å². The van der Waals surface area contributed by atoms with Crippen molar-refractivity contribution in [2.24, 2.45) is 5.92 Å². The maximum absolute atomic E-state index is 10.8. The molecular formula is C13H18O2S. The number of hydrogen-bond donors (Lipinski definition) is 1. The van der Waals surface area contributed by atoms with E-state index in [0.717, 1.165) is 11.3 Å². The molecule has 1 aromatic carbocycles. The molecule has 16 heavy (non-hydrogen) atoms. The van der Waals surface area contributed by atoms with Gasteiger partial charge in [0.15, 0.2) is 0 Å². The second-order valence-corrected chi connectivity index (χ2v) is 5.63. The van der Waals surface area contributed by atoms with Crippen molar-refractivity contribution in [2.45, 2.75) is 31.8 Å². The van der Waals surface area contributed by atoms with Crippen LogP contribution in [0, 0.1) is 5.92 Å². The third-order valence-electron chi connectivity index (χ3n) is 2.63. The lowest BCUT2D eigenvalue weighted by atomic mass is 10.1. The van der Waals surface area contributed by atoms with Crippen molar-refractivity contribution in [3.63, 3.8) is 0 Å². The van der Waals surface area contributed by atoms with Crippen LogP contribution in [0.2, 0.25) is 0 Å². The van der Waals surface area contributed by atoms with E-state index in [4.69, 9.17) is 5.11 Å². The Morgan fingerprint density at radius 2 is 2.06 bits per heavy atom. The Bertz CT molecular complexity index is 361. The zero-order chi connectivity index (χ0) is 12.1. The summed E-state index contributed by atoms with van der Waals surface area (Å²) < 4.78 is 0. The molecule has 1 N–H and O–H groups in total. The quantitative estimate of drug-likeness (QED) is 0.850. The van der Waals surface area contributed by atoms with Crippen molar-refractivity contribution in [3.05, 3.63) is 35.4 Å². The summed E-state index contributed by atoms with van der Waals surface area (Å²) >= 11 is 1.87. The van der Waals surface area contributed by atoms with E-state index in [1.54, 1.807) is 18.2 Å². The van der Waals surface area contributed by atoms with Crippen LogP contribution in [-0.2, 0) is 5.75 Å². The largest absolute Gasteiger partial charge is 0.478 e. The van der Waals surface area contributed by atoms with Gasteiger partial charge in [0.05, 0.1) is 5.56 Å². The molecule has 0 aromatic heterocycles. The fourth-order valence-corrected chi connectivity index (χ4v) is 2.23. The second-order valence-electron chi connectivity index (χ2n) is 4.27. The van der Waals surface area contributed by atoms with E-state index in [1.807, 2.05) is 17.8 Å². The second kappa shape index (κ2) is 5.94. The first-order chi connectivity index (χ1) is 7.50. The molecule has 0 aliphatic heterocycles. The molecule has 0 radical (unpaired) electrons. The van der Waals surface area contributed by atoms with E-state index in [0.29, 0.717) is 16.7 Å². The molecule has 88 valence electrons. The van der Waals surface area contributed by atoms with E-state index in [1.165, 1.54) is 0 Å². The molecule has 1 aromatic rings. The normalized spacial score (nSPS) is 12.8. The van der Waals surface area contributed by atoms with Crippen LogP contribution in [0.3, 0.4) is 0 Å². The fourth-order valence-electron chi connectivity index (χ4n) is 1.21. The highest BCUT2D eigenvalue weighted by atomic mass is 32.2. The first-order valence-electron chi connectivity index (χ1n) is 5.44. The van der Waals surface area contributed by atoms with Crippen LogP contribution in [-0.4, -0.2) is 16.3 Å². The number of carboxylic acid groups (broad SMARTS) is 1. The number of carbonyl (C=O) groups is 1. The van der Waals surface area contributed by atoms with Crippen LogP contribution >= 0.6 is 11.8 Å². The van der Waals surface area contributed by atoms with E-state index in [9.17, 15) is 4.79 Å². The Hall–Kier alpha value is -0.960. The fraction of sp³-hybridized carbons (Fsp3) is 0.462. The van der Waals surface area contributed by atoms with Crippen LogP contribution in [0.25, 0.3) is 0 Å². The van der Waals surface area contributed by atoms with Gasteiger partial charge < -0.3 is 5.11 Å².